The van der Waals surface area contributed by atoms with Crippen LogP contribution >= 0.6 is 0 Å². The number of nitrogens with zero attached hydrogens (tertiary/aromatic N) is 1. The number of benzene rings is 1. The number of rotatable bonds is 7. The summed E-state index contributed by atoms with van der Waals surface area (Å²) in [7, 11) is 0. The molecule has 1 aromatic heterocycles. The molecule has 0 unspecified atom stereocenters. The van der Waals surface area contributed by atoms with Crippen molar-refractivity contribution >= 4 is 11.9 Å². The van der Waals surface area contributed by atoms with E-state index in [9.17, 15) is 14.8 Å². The molecule has 6 nitrogen and oxygen atoms in total. The van der Waals surface area contributed by atoms with Crippen molar-refractivity contribution in [2.24, 2.45) is 0 Å². The summed E-state index contributed by atoms with van der Waals surface area (Å²) in [4.78, 5) is 23.9. The SMILES string of the molecule is CCC[C@H](NC(=O)COC(=O)c1cccc[n+]1[O-])c1ccccc1. The minimum absolute atomic E-state index is 0.136. The highest BCUT2D eigenvalue weighted by Crippen LogP contribution is 2.17. The van der Waals surface area contributed by atoms with Crippen LogP contribution in [0.15, 0.2) is 54.7 Å². The fourth-order valence-electron chi connectivity index (χ4n) is 2.32. The molecule has 0 saturated carbocycles. The first-order valence-corrected chi connectivity index (χ1v) is 7.81. The molecule has 1 amide bonds. The van der Waals surface area contributed by atoms with Crippen LogP contribution in [0.3, 0.4) is 0 Å². The smallest absolute Gasteiger partial charge is 0.405 e. The van der Waals surface area contributed by atoms with Crippen molar-refractivity contribution in [2.45, 2.75) is 25.8 Å². The minimum atomic E-state index is -0.826. The Morgan fingerprint density at radius 3 is 2.54 bits per heavy atom. The van der Waals surface area contributed by atoms with Crippen LogP contribution in [-0.4, -0.2) is 18.5 Å². The van der Waals surface area contributed by atoms with E-state index < -0.39 is 18.5 Å². The summed E-state index contributed by atoms with van der Waals surface area (Å²) in [5.74, 6) is -1.23. The minimum Gasteiger partial charge on any atom is -0.618 e. The molecule has 2 rings (SSSR count). The van der Waals surface area contributed by atoms with Crippen LogP contribution in [0, 0.1) is 5.21 Å². The zero-order valence-corrected chi connectivity index (χ0v) is 13.5. The van der Waals surface area contributed by atoms with Gasteiger partial charge in [-0.3, -0.25) is 4.79 Å². The molecule has 0 aliphatic heterocycles. The highest BCUT2D eigenvalue weighted by molar-refractivity contribution is 5.88. The maximum Gasteiger partial charge on any atom is 0.405 e. The molecule has 0 saturated heterocycles. The molecular formula is C18H20N2O4. The average Bonchev–Trinajstić information content (AvgIpc) is 2.60. The van der Waals surface area contributed by atoms with E-state index in [0.29, 0.717) is 4.73 Å². The molecule has 1 N–H and O–H groups in total. The van der Waals surface area contributed by atoms with Gasteiger partial charge in [-0.15, -0.1) is 0 Å². The van der Waals surface area contributed by atoms with Crippen LogP contribution in [-0.2, 0) is 9.53 Å². The number of ether oxygens (including phenoxy) is 1. The summed E-state index contributed by atoms with van der Waals surface area (Å²) < 4.78 is 5.32. The number of hydrogen-bond acceptors (Lipinski definition) is 4. The van der Waals surface area contributed by atoms with Gasteiger partial charge in [-0.25, -0.2) is 4.79 Å². The van der Waals surface area contributed by atoms with Gasteiger partial charge in [0.2, 0.25) is 0 Å². The molecule has 6 heteroatoms. The molecule has 1 heterocycles. The number of carbonyl (C=O) groups is 2. The van der Waals surface area contributed by atoms with Crippen LogP contribution in [0.25, 0.3) is 0 Å². The summed E-state index contributed by atoms with van der Waals surface area (Å²) in [5, 5.41) is 14.3. The fourth-order valence-corrected chi connectivity index (χ4v) is 2.32. The van der Waals surface area contributed by atoms with Crippen molar-refractivity contribution in [1.29, 1.82) is 0 Å². The van der Waals surface area contributed by atoms with Crippen molar-refractivity contribution in [1.82, 2.24) is 5.32 Å². The highest BCUT2D eigenvalue weighted by Gasteiger charge is 2.19. The van der Waals surface area contributed by atoms with E-state index in [1.807, 2.05) is 37.3 Å². The standard InChI is InChI=1S/C18H20N2O4/c1-2-8-15(14-9-4-3-5-10-14)19-17(21)13-24-18(22)16-11-6-7-12-20(16)23/h3-7,9-12,15H,2,8,13H2,1H3,(H,19,21)/t15-/m0/s1. The first-order chi connectivity index (χ1) is 11.6. The molecule has 1 atom stereocenters. The number of pyridine rings is 1. The first kappa shape index (κ1) is 17.5. The Kier molecular flexibility index (Phi) is 6.31. The van der Waals surface area contributed by atoms with Gasteiger partial charge in [0.15, 0.2) is 12.8 Å². The molecule has 126 valence electrons. The molecule has 0 aliphatic rings. The maximum atomic E-state index is 12.0. The Hall–Kier alpha value is -2.89. The van der Waals surface area contributed by atoms with Gasteiger partial charge in [-0.2, -0.15) is 4.73 Å². The van der Waals surface area contributed by atoms with Crippen molar-refractivity contribution in [3.63, 3.8) is 0 Å². The van der Waals surface area contributed by atoms with Gasteiger partial charge in [-0.1, -0.05) is 43.7 Å². The molecule has 24 heavy (non-hydrogen) atoms. The summed E-state index contributed by atoms with van der Waals surface area (Å²) in [6.45, 7) is 1.60. The van der Waals surface area contributed by atoms with Gasteiger partial charge in [0.25, 0.3) is 5.91 Å². The van der Waals surface area contributed by atoms with Crippen LogP contribution in [0.4, 0.5) is 0 Å². The Labute approximate surface area is 140 Å². The van der Waals surface area contributed by atoms with Gasteiger partial charge in [0, 0.05) is 12.1 Å². The third kappa shape index (κ3) is 4.81. The second-order valence-electron chi connectivity index (χ2n) is 5.31. The lowest BCUT2D eigenvalue weighted by molar-refractivity contribution is -0.608. The Morgan fingerprint density at radius 2 is 1.88 bits per heavy atom. The predicted molar refractivity (Wildman–Crippen MR) is 87.9 cm³/mol. The van der Waals surface area contributed by atoms with Crippen LogP contribution < -0.4 is 10.0 Å². The van der Waals surface area contributed by atoms with E-state index in [4.69, 9.17) is 4.74 Å². The Morgan fingerprint density at radius 1 is 1.17 bits per heavy atom. The third-order valence-corrected chi connectivity index (χ3v) is 3.48. The van der Waals surface area contributed by atoms with Gasteiger partial charge < -0.3 is 15.3 Å². The fraction of sp³-hybridized carbons (Fsp3) is 0.278. The quantitative estimate of drug-likeness (QED) is 0.479. The summed E-state index contributed by atoms with van der Waals surface area (Å²) in [6, 6.07) is 13.9. The predicted octanol–water partition coefficient (Wildman–Crippen LogP) is 2.13. The lowest BCUT2D eigenvalue weighted by Gasteiger charge is -2.18. The number of hydrogen-bond donors (Lipinski definition) is 1. The van der Waals surface area contributed by atoms with Gasteiger partial charge >= 0.3 is 11.7 Å². The molecule has 0 bridgehead atoms. The van der Waals surface area contributed by atoms with E-state index in [2.05, 4.69) is 5.32 Å². The summed E-state index contributed by atoms with van der Waals surface area (Å²) in [6.07, 6.45) is 2.88. The van der Waals surface area contributed by atoms with Gasteiger partial charge in [0.05, 0.1) is 6.04 Å². The first-order valence-electron chi connectivity index (χ1n) is 7.81. The van der Waals surface area contributed by atoms with E-state index in [1.165, 1.54) is 18.3 Å². The second kappa shape index (κ2) is 8.67. The zero-order valence-electron chi connectivity index (χ0n) is 13.5. The number of amides is 1. The lowest BCUT2D eigenvalue weighted by atomic mass is 10.0. The zero-order chi connectivity index (χ0) is 17.4. The Bertz CT molecular complexity index is 688. The molecule has 0 radical (unpaired) electrons. The molecule has 0 spiro atoms. The van der Waals surface area contributed by atoms with Gasteiger partial charge in [-0.05, 0) is 18.1 Å². The summed E-state index contributed by atoms with van der Waals surface area (Å²) in [5.41, 5.74) is 0.845. The second-order valence-corrected chi connectivity index (χ2v) is 5.31. The van der Waals surface area contributed by atoms with Crippen molar-refractivity contribution < 1.29 is 19.1 Å². The van der Waals surface area contributed by atoms with E-state index in [0.717, 1.165) is 18.4 Å². The van der Waals surface area contributed by atoms with E-state index in [1.54, 1.807) is 6.07 Å². The van der Waals surface area contributed by atoms with Crippen molar-refractivity contribution in [3.8, 4) is 0 Å². The number of aromatic nitrogens is 1. The largest absolute Gasteiger partial charge is 0.618 e. The van der Waals surface area contributed by atoms with Crippen LogP contribution in [0.2, 0.25) is 0 Å². The average molecular weight is 328 g/mol. The van der Waals surface area contributed by atoms with E-state index in [-0.39, 0.29) is 11.7 Å². The molecule has 1 aromatic carbocycles. The van der Waals surface area contributed by atoms with E-state index >= 15 is 0 Å². The Balaban J connectivity index is 1.92. The number of esters is 1. The number of nitrogens with one attached hydrogen (secondary N) is 1. The van der Waals surface area contributed by atoms with Crippen molar-refractivity contribution in [3.05, 3.63) is 71.2 Å². The van der Waals surface area contributed by atoms with Crippen LogP contribution in [0.1, 0.15) is 41.9 Å². The normalized spacial score (nSPS) is 11.5. The molecular weight excluding hydrogens is 308 g/mol. The topological polar surface area (TPSA) is 82.3 Å². The number of carbonyl (C=O) groups excluding carboxylic acids is 2. The van der Waals surface area contributed by atoms with Crippen LogP contribution in [0.5, 0.6) is 0 Å². The maximum absolute atomic E-state index is 12.0. The van der Waals surface area contributed by atoms with Crippen molar-refractivity contribution in [2.75, 3.05) is 6.61 Å². The third-order valence-electron chi connectivity index (χ3n) is 3.48. The molecule has 2 aromatic rings. The molecule has 0 aliphatic carbocycles. The summed E-state index contributed by atoms with van der Waals surface area (Å²) >= 11 is 0. The lowest BCUT2D eigenvalue weighted by Crippen LogP contribution is -2.37. The molecule has 0 fully saturated rings. The monoisotopic (exact) mass is 328 g/mol. The van der Waals surface area contributed by atoms with Gasteiger partial charge in [0.1, 0.15) is 0 Å². The highest BCUT2D eigenvalue weighted by atomic mass is 16.5.